The summed E-state index contributed by atoms with van der Waals surface area (Å²) in [4.78, 5) is 24.9. The molecule has 6 atom stereocenters. The lowest BCUT2D eigenvalue weighted by Crippen LogP contribution is -2.32. The Kier molecular flexibility index (Phi) is 14.1. The minimum Gasteiger partial charge on any atom is -0.491 e. The summed E-state index contributed by atoms with van der Waals surface area (Å²) in [5.41, 5.74) is 0. The molecule has 0 bridgehead atoms. The standard InChI is InChI=1S/C33H44ClNO9S/c1-45(38,39)35-31(37)11-5-3-2-4-10-27-28(30(22-29(27)36)44-33-13-7-9-21-41-33)19-18-26(43-32-12-6-8-20-40-32)23-42-25-16-14-24(34)15-17-25/h2,4-5,11,14-19,26-28,30,32-33H,3,6-10,12-13,20-23H2,1H3,(H,35,37)/t26-,27-,28-,30-,32?,33?/m1/s1. The number of ether oxygens (including phenoxy) is 5. The molecule has 10 nitrogen and oxygen atoms in total. The first-order chi connectivity index (χ1) is 21.7. The SMILES string of the molecule is CS(=O)(=O)NC(=O)C=CCC=CC[C@H]1C(=O)C[C@@H](OC2CCCCO2)[C@@H]1C=C[C@H](COc1ccc(Cl)cc1)OC1CCCCO1. The van der Waals surface area contributed by atoms with Gasteiger partial charge in [-0.05, 0) is 75.6 Å². The molecule has 45 heavy (non-hydrogen) atoms. The fourth-order valence-corrected chi connectivity index (χ4v) is 6.14. The second-order valence-corrected chi connectivity index (χ2v) is 13.7. The zero-order valence-electron chi connectivity index (χ0n) is 25.7. The highest BCUT2D eigenvalue weighted by molar-refractivity contribution is 7.89. The van der Waals surface area contributed by atoms with Crippen molar-refractivity contribution in [1.29, 1.82) is 0 Å². The molecule has 2 unspecified atom stereocenters. The molecule has 3 fully saturated rings. The van der Waals surface area contributed by atoms with Crippen LogP contribution >= 0.6 is 11.6 Å². The largest absolute Gasteiger partial charge is 0.491 e. The quantitative estimate of drug-likeness (QED) is 0.197. The summed E-state index contributed by atoms with van der Waals surface area (Å²) in [5, 5.41) is 0.623. The fourth-order valence-electron chi connectivity index (χ4n) is 5.58. The van der Waals surface area contributed by atoms with E-state index in [1.807, 2.05) is 29.0 Å². The molecular weight excluding hydrogens is 622 g/mol. The van der Waals surface area contributed by atoms with Gasteiger partial charge in [-0.25, -0.2) is 13.1 Å². The highest BCUT2D eigenvalue weighted by Gasteiger charge is 2.42. The highest BCUT2D eigenvalue weighted by Crippen LogP contribution is 2.37. The normalized spacial score (nSPS) is 27.0. The van der Waals surface area contributed by atoms with Crippen LogP contribution in [0.3, 0.4) is 0 Å². The number of hydrogen-bond donors (Lipinski definition) is 1. The van der Waals surface area contributed by atoms with Crippen molar-refractivity contribution in [3.8, 4) is 5.75 Å². The molecule has 2 aliphatic heterocycles. The summed E-state index contributed by atoms with van der Waals surface area (Å²) in [7, 11) is -3.61. The van der Waals surface area contributed by atoms with E-state index < -0.39 is 22.0 Å². The molecule has 0 radical (unpaired) electrons. The second kappa shape index (κ2) is 18.0. The first-order valence-corrected chi connectivity index (χ1v) is 17.9. The Hall–Kier alpha value is -2.54. The van der Waals surface area contributed by atoms with Gasteiger partial charge in [0.2, 0.25) is 10.0 Å². The van der Waals surface area contributed by atoms with Gasteiger partial charge in [0.05, 0.1) is 12.4 Å². The Morgan fingerprint density at radius 2 is 1.76 bits per heavy atom. The number of rotatable bonds is 15. The number of nitrogens with one attached hydrogen (secondary N) is 1. The molecule has 1 aromatic rings. The van der Waals surface area contributed by atoms with Gasteiger partial charge in [-0.1, -0.05) is 42.0 Å². The molecular formula is C33H44ClNO9S. The van der Waals surface area contributed by atoms with Crippen molar-refractivity contribution in [2.45, 2.75) is 82.6 Å². The van der Waals surface area contributed by atoms with Crippen molar-refractivity contribution in [3.05, 3.63) is 65.7 Å². The smallest absolute Gasteiger partial charge is 0.257 e. The van der Waals surface area contributed by atoms with E-state index in [2.05, 4.69) is 0 Å². The number of ketones is 1. The van der Waals surface area contributed by atoms with Gasteiger partial charge >= 0.3 is 0 Å². The van der Waals surface area contributed by atoms with E-state index in [1.54, 1.807) is 30.3 Å². The number of carbonyl (C=O) groups excluding carboxylic acids is 2. The number of amides is 1. The molecule has 1 saturated carbocycles. The van der Waals surface area contributed by atoms with E-state index in [-0.39, 0.29) is 49.3 Å². The average Bonchev–Trinajstić information content (AvgIpc) is 3.30. The van der Waals surface area contributed by atoms with E-state index in [0.29, 0.717) is 36.8 Å². The van der Waals surface area contributed by atoms with Crippen LogP contribution in [0.25, 0.3) is 0 Å². The van der Waals surface area contributed by atoms with Gasteiger partial charge in [0, 0.05) is 42.6 Å². The molecule has 1 amide bonds. The minimum atomic E-state index is -3.61. The molecule has 1 N–H and O–H groups in total. The average molecular weight is 666 g/mol. The lowest BCUT2D eigenvalue weighted by atomic mass is 9.90. The lowest BCUT2D eigenvalue weighted by Gasteiger charge is -2.29. The maximum absolute atomic E-state index is 13.3. The third-order valence-electron chi connectivity index (χ3n) is 7.80. The molecule has 12 heteroatoms. The third-order valence-corrected chi connectivity index (χ3v) is 8.62. The first-order valence-electron chi connectivity index (χ1n) is 15.6. The molecule has 2 saturated heterocycles. The van der Waals surface area contributed by atoms with E-state index in [4.69, 9.17) is 35.3 Å². The Morgan fingerprint density at radius 1 is 1.04 bits per heavy atom. The van der Waals surface area contributed by atoms with E-state index >= 15 is 0 Å². The van der Waals surface area contributed by atoms with Crippen molar-refractivity contribution in [2.24, 2.45) is 11.8 Å². The second-order valence-electron chi connectivity index (χ2n) is 11.5. The van der Waals surface area contributed by atoms with Crippen molar-refractivity contribution in [1.82, 2.24) is 4.72 Å². The fraction of sp³-hybridized carbons (Fsp3) is 0.576. The van der Waals surface area contributed by atoms with E-state index in [1.165, 1.54) is 6.08 Å². The van der Waals surface area contributed by atoms with Crippen LogP contribution in [0.2, 0.25) is 5.02 Å². The third kappa shape index (κ3) is 12.6. The van der Waals surface area contributed by atoms with Crippen LogP contribution in [0.4, 0.5) is 0 Å². The number of Topliss-reactive ketones (excluding diaryl/α,β-unsaturated/α-hetero) is 1. The van der Waals surface area contributed by atoms with Crippen molar-refractivity contribution >= 4 is 33.3 Å². The van der Waals surface area contributed by atoms with Crippen LogP contribution < -0.4 is 9.46 Å². The van der Waals surface area contributed by atoms with Gasteiger partial charge in [-0.3, -0.25) is 9.59 Å². The summed E-state index contributed by atoms with van der Waals surface area (Å²) in [6.45, 7) is 1.55. The van der Waals surface area contributed by atoms with Gasteiger partial charge in [0.1, 0.15) is 24.2 Å². The van der Waals surface area contributed by atoms with Crippen molar-refractivity contribution in [3.63, 3.8) is 0 Å². The van der Waals surface area contributed by atoms with Crippen LogP contribution in [0.15, 0.2) is 60.7 Å². The Morgan fingerprint density at radius 3 is 2.42 bits per heavy atom. The van der Waals surface area contributed by atoms with Gasteiger partial charge in [-0.15, -0.1) is 0 Å². The number of allylic oxidation sites excluding steroid dienone is 3. The zero-order chi connectivity index (χ0) is 32.1. The number of halogens is 1. The van der Waals surface area contributed by atoms with Gasteiger partial charge in [0.15, 0.2) is 12.6 Å². The molecule has 248 valence electrons. The van der Waals surface area contributed by atoms with Gasteiger partial charge < -0.3 is 23.7 Å². The van der Waals surface area contributed by atoms with Gasteiger partial charge in [-0.2, -0.15) is 0 Å². The Labute approximate surface area is 271 Å². The molecule has 2 heterocycles. The monoisotopic (exact) mass is 665 g/mol. The summed E-state index contributed by atoms with van der Waals surface area (Å²) >= 11 is 6.03. The van der Waals surface area contributed by atoms with Crippen LogP contribution in [-0.4, -0.2) is 71.0 Å². The predicted octanol–water partition coefficient (Wildman–Crippen LogP) is 5.27. The summed E-state index contributed by atoms with van der Waals surface area (Å²) in [6.07, 6.45) is 16.8. The Balaban J connectivity index is 1.44. The minimum absolute atomic E-state index is 0.115. The summed E-state index contributed by atoms with van der Waals surface area (Å²) in [5.74, 6) is -0.445. The summed E-state index contributed by atoms with van der Waals surface area (Å²) < 4.78 is 54.6. The van der Waals surface area contributed by atoms with E-state index in [9.17, 15) is 18.0 Å². The molecule has 3 aliphatic rings. The van der Waals surface area contributed by atoms with E-state index in [0.717, 1.165) is 44.8 Å². The van der Waals surface area contributed by atoms with Crippen LogP contribution in [-0.2, 0) is 38.6 Å². The van der Waals surface area contributed by atoms with Crippen LogP contribution in [0.5, 0.6) is 5.75 Å². The zero-order valence-corrected chi connectivity index (χ0v) is 27.3. The number of benzene rings is 1. The number of carbonyl (C=O) groups is 2. The predicted molar refractivity (Wildman–Crippen MR) is 170 cm³/mol. The molecule has 1 aromatic carbocycles. The maximum Gasteiger partial charge on any atom is 0.257 e. The van der Waals surface area contributed by atoms with Crippen LogP contribution in [0.1, 0.15) is 57.8 Å². The topological polar surface area (TPSA) is 126 Å². The molecule has 1 aliphatic carbocycles. The first kappa shape index (κ1) is 35.3. The number of sulfonamides is 1. The molecule has 0 spiro atoms. The summed E-state index contributed by atoms with van der Waals surface area (Å²) in [6, 6.07) is 7.15. The molecule has 0 aromatic heterocycles. The molecule has 4 rings (SSSR count). The highest BCUT2D eigenvalue weighted by atomic mass is 35.5. The lowest BCUT2D eigenvalue weighted by molar-refractivity contribution is -0.192. The van der Waals surface area contributed by atoms with Gasteiger partial charge in [0.25, 0.3) is 5.91 Å². The number of hydrogen-bond acceptors (Lipinski definition) is 9. The van der Waals surface area contributed by atoms with Crippen molar-refractivity contribution in [2.75, 3.05) is 26.1 Å². The Bertz CT molecular complexity index is 1290. The van der Waals surface area contributed by atoms with Crippen LogP contribution in [0, 0.1) is 11.8 Å². The van der Waals surface area contributed by atoms with Crippen molar-refractivity contribution < 1.29 is 41.7 Å². The maximum atomic E-state index is 13.3.